The molecule has 0 radical (unpaired) electrons. The fraction of sp³-hybridized carbons (Fsp3) is 1.00. The highest BCUT2D eigenvalue weighted by atomic mass is 15.2. The molecule has 0 amide bonds. The van der Waals surface area contributed by atoms with Crippen LogP contribution in [-0.4, -0.2) is 37.1 Å². The van der Waals surface area contributed by atoms with Crippen molar-refractivity contribution in [3.63, 3.8) is 0 Å². The van der Waals surface area contributed by atoms with E-state index < -0.39 is 0 Å². The molecule has 2 aliphatic rings. The fourth-order valence-corrected chi connectivity index (χ4v) is 4.05. The zero-order chi connectivity index (χ0) is 12.3. The van der Waals surface area contributed by atoms with Gasteiger partial charge >= 0.3 is 0 Å². The van der Waals surface area contributed by atoms with Crippen LogP contribution in [0.5, 0.6) is 0 Å². The van der Waals surface area contributed by atoms with Gasteiger partial charge in [-0.05, 0) is 37.5 Å². The monoisotopic (exact) mass is 238 g/mol. The smallest absolute Gasteiger partial charge is 0.0167 e. The summed E-state index contributed by atoms with van der Waals surface area (Å²) in [5, 5.41) is 3.55. The van der Waals surface area contributed by atoms with Crippen molar-refractivity contribution >= 4 is 0 Å². The molecule has 0 bridgehead atoms. The van der Waals surface area contributed by atoms with Gasteiger partial charge in [-0.1, -0.05) is 26.7 Å². The van der Waals surface area contributed by atoms with Crippen LogP contribution in [0.4, 0.5) is 0 Å². The number of hydrogen-bond acceptors (Lipinski definition) is 2. The second-order valence-electron chi connectivity index (χ2n) is 6.90. The van der Waals surface area contributed by atoms with Crippen molar-refractivity contribution in [2.24, 2.45) is 11.3 Å². The van der Waals surface area contributed by atoms with Gasteiger partial charge in [0.15, 0.2) is 0 Å². The van der Waals surface area contributed by atoms with Gasteiger partial charge in [0, 0.05) is 32.2 Å². The first-order valence-corrected chi connectivity index (χ1v) is 7.55. The van der Waals surface area contributed by atoms with Gasteiger partial charge in [0.2, 0.25) is 0 Å². The molecule has 1 aliphatic heterocycles. The van der Waals surface area contributed by atoms with Crippen LogP contribution in [0.15, 0.2) is 0 Å². The van der Waals surface area contributed by atoms with Crippen LogP contribution in [0.25, 0.3) is 0 Å². The first-order valence-electron chi connectivity index (χ1n) is 7.55. The molecule has 1 N–H and O–H groups in total. The fourth-order valence-electron chi connectivity index (χ4n) is 4.05. The van der Waals surface area contributed by atoms with Crippen LogP contribution in [0.1, 0.15) is 52.9 Å². The van der Waals surface area contributed by atoms with Gasteiger partial charge in [-0.25, -0.2) is 0 Å². The Labute approximate surface area is 107 Å². The molecule has 2 nitrogen and oxygen atoms in total. The lowest BCUT2D eigenvalue weighted by Gasteiger charge is -2.40. The van der Waals surface area contributed by atoms with Crippen LogP contribution >= 0.6 is 0 Å². The topological polar surface area (TPSA) is 15.3 Å². The molecule has 0 aromatic rings. The molecule has 2 fully saturated rings. The summed E-state index contributed by atoms with van der Waals surface area (Å²) in [7, 11) is 0. The zero-order valence-corrected chi connectivity index (χ0v) is 12.0. The molecule has 0 aromatic heterocycles. The summed E-state index contributed by atoms with van der Waals surface area (Å²) in [6, 6.07) is 0.682. The lowest BCUT2D eigenvalue weighted by molar-refractivity contribution is 0.105. The van der Waals surface area contributed by atoms with Crippen LogP contribution in [0.3, 0.4) is 0 Å². The van der Waals surface area contributed by atoms with E-state index in [-0.39, 0.29) is 0 Å². The Balaban J connectivity index is 1.92. The van der Waals surface area contributed by atoms with Crippen molar-refractivity contribution in [1.82, 2.24) is 10.2 Å². The summed E-state index contributed by atoms with van der Waals surface area (Å²) in [6.45, 7) is 12.1. The summed E-state index contributed by atoms with van der Waals surface area (Å²) < 4.78 is 0. The predicted octanol–water partition coefficient (Wildman–Crippen LogP) is 2.89. The summed E-state index contributed by atoms with van der Waals surface area (Å²) in [6.07, 6.45) is 7.32. The third-order valence-corrected chi connectivity index (χ3v) is 4.52. The molecule has 1 atom stereocenters. The van der Waals surface area contributed by atoms with Gasteiger partial charge < -0.3 is 5.32 Å². The van der Waals surface area contributed by atoms with Crippen LogP contribution in [0, 0.1) is 11.3 Å². The molecule has 1 unspecified atom stereocenters. The van der Waals surface area contributed by atoms with E-state index in [1.807, 2.05) is 0 Å². The van der Waals surface area contributed by atoms with Crippen molar-refractivity contribution in [3.05, 3.63) is 0 Å². The minimum atomic E-state index is 0.658. The Bertz CT molecular complexity index is 231. The summed E-state index contributed by atoms with van der Waals surface area (Å²) in [5.74, 6) is 0.855. The van der Waals surface area contributed by atoms with Crippen molar-refractivity contribution in [2.45, 2.75) is 58.9 Å². The molecule has 17 heavy (non-hydrogen) atoms. The Morgan fingerprint density at radius 2 is 2.00 bits per heavy atom. The first kappa shape index (κ1) is 13.4. The number of hydrogen-bond donors (Lipinski definition) is 1. The standard InChI is InChI=1S/C15H30N2/c1-13(2)10-15(6-4-5-7-15)12-17-9-8-16-14(3)11-17/h13-14,16H,4-12H2,1-3H3. The normalized spacial score (nSPS) is 30.0. The molecule has 2 rings (SSSR count). The second kappa shape index (κ2) is 5.71. The molecular weight excluding hydrogens is 208 g/mol. The van der Waals surface area contributed by atoms with Gasteiger partial charge in [0.25, 0.3) is 0 Å². The number of piperazine rings is 1. The Morgan fingerprint density at radius 3 is 2.59 bits per heavy atom. The highest BCUT2D eigenvalue weighted by molar-refractivity contribution is 4.90. The van der Waals surface area contributed by atoms with Gasteiger partial charge in [0.1, 0.15) is 0 Å². The maximum atomic E-state index is 3.55. The van der Waals surface area contributed by atoms with Crippen molar-refractivity contribution < 1.29 is 0 Å². The van der Waals surface area contributed by atoms with Crippen LogP contribution in [0.2, 0.25) is 0 Å². The van der Waals surface area contributed by atoms with Gasteiger partial charge in [-0.3, -0.25) is 4.90 Å². The Morgan fingerprint density at radius 1 is 1.29 bits per heavy atom. The van der Waals surface area contributed by atoms with E-state index in [2.05, 4.69) is 31.0 Å². The van der Waals surface area contributed by atoms with Crippen molar-refractivity contribution in [3.8, 4) is 0 Å². The van der Waals surface area contributed by atoms with E-state index >= 15 is 0 Å². The molecule has 1 heterocycles. The third kappa shape index (κ3) is 3.69. The highest BCUT2D eigenvalue weighted by Gasteiger charge is 2.36. The third-order valence-electron chi connectivity index (χ3n) is 4.52. The number of nitrogens with zero attached hydrogens (tertiary/aromatic N) is 1. The van der Waals surface area contributed by atoms with E-state index in [1.165, 1.54) is 58.3 Å². The largest absolute Gasteiger partial charge is 0.312 e. The van der Waals surface area contributed by atoms with Crippen LogP contribution in [-0.2, 0) is 0 Å². The SMILES string of the molecule is CC(C)CC1(CN2CCNC(C)C2)CCCC1. The lowest BCUT2D eigenvalue weighted by Crippen LogP contribution is -2.52. The first-order chi connectivity index (χ1) is 8.10. The Kier molecular flexibility index (Phi) is 4.48. The van der Waals surface area contributed by atoms with E-state index in [1.54, 1.807) is 0 Å². The van der Waals surface area contributed by atoms with E-state index in [0.717, 1.165) is 5.92 Å². The molecule has 100 valence electrons. The van der Waals surface area contributed by atoms with E-state index in [4.69, 9.17) is 0 Å². The number of nitrogens with one attached hydrogen (secondary N) is 1. The van der Waals surface area contributed by atoms with Crippen LogP contribution < -0.4 is 5.32 Å². The minimum Gasteiger partial charge on any atom is -0.312 e. The second-order valence-corrected chi connectivity index (χ2v) is 6.90. The molecular formula is C15H30N2. The minimum absolute atomic E-state index is 0.658. The van der Waals surface area contributed by atoms with Crippen molar-refractivity contribution in [1.29, 1.82) is 0 Å². The van der Waals surface area contributed by atoms with E-state index in [9.17, 15) is 0 Å². The molecule has 1 aliphatic carbocycles. The van der Waals surface area contributed by atoms with Gasteiger partial charge in [-0.15, -0.1) is 0 Å². The average molecular weight is 238 g/mol. The lowest BCUT2D eigenvalue weighted by atomic mass is 9.78. The molecule has 2 heteroatoms. The summed E-state index contributed by atoms with van der Waals surface area (Å²) in [5.41, 5.74) is 0.658. The van der Waals surface area contributed by atoms with Gasteiger partial charge in [-0.2, -0.15) is 0 Å². The number of rotatable bonds is 4. The summed E-state index contributed by atoms with van der Waals surface area (Å²) in [4.78, 5) is 2.72. The average Bonchev–Trinajstić information content (AvgIpc) is 2.65. The maximum Gasteiger partial charge on any atom is 0.0167 e. The zero-order valence-electron chi connectivity index (χ0n) is 12.0. The summed E-state index contributed by atoms with van der Waals surface area (Å²) >= 11 is 0. The van der Waals surface area contributed by atoms with Crippen molar-refractivity contribution in [2.75, 3.05) is 26.2 Å². The van der Waals surface area contributed by atoms with E-state index in [0.29, 0.717) is 11.5 Å². The molecule has 1 saturated heterocycles. The predicted molar refractivity (Wildman–Crippen MR) is 74.3 cm³/mol. The molecule has 0 aromatic carbocycles. The van der Waals surface area contributed by atoms with Gasteiger partial charge in [0.05, 0.1) is 0 Å². The molecule has 0 spiro atoms. The Hall–Kier alpha value is -0.0800. The highest BCUT2D eigenvalue weighted by Crippen LogP contribution is 2.43. The quantitative estimate of drug-likeness (QED) is 0.810. The molecule has 1 saturated carbocycles. The maximum absolute atomic E-state index is 3.55.